The number of carbonyl (C=O) groups is 1. The zero-order valence-electron chi connectivity index (χ0n) is 17.8. The topological polar surface area (TPSA) is 86.6 Å². The van der Waals surface area contributed by atoms with E-state index in [0.717, 1.165) is 18.7 Å². The number of hydrogen-bond acceptors (Lipinski definition) is 5. The molecule has 2 bridgehead atoms. The number of nitrogens with one attached hydrogen (secondary N) is 2. The Bertz CT molecular complexity index is 1020. The van der Waals surface area contributed by atoms with E-state index < -0.39 is 11.7 Å². The number of carbonyl (C=O) groups excluding carboxylic acids is 1. The minimum atomic E-state index is -0.456. The number of halogens is 1. The second kappa shape index (κ2) is 8.90. The maximum atomic E-state index is 13.7. The monoisotopic (exact) mass is 428 g/mol. The van der Waals surface area contributed by atoms with E-state index in [-0.39, 0.29) is 36.1 Å². The molecule has 0 spiro atoms. The minimum Gasteiger partial charge on any atom is -0.396 e. The zero-order chi connectivity index (χ0) is 22.1. The van der Waals surface area contributed by atoms with Gasteiger partial charge in [-0.2, -0.15) is 0 Å². The molecule has 1 fully saturated rings. The molecule has 31 heavy (non-hydrogen) atoms. The predicted molar refractivity (Wildman–Crippen MR) is 116 cm³/mol. The van der Waals surface area contributed by atoms with Gasteiger partial charge in [0.15, 0.2) is 0 Å². The van der Waals surface area contributed by atoms with Crippen molar-refractivity contribution in [1.82, 2.24) is 20.1 Å². The normalized spacial score (nSPS) is 24.3. The summed E-state index contributed by atoms with van der Waals surface area (Å²) in [7, 11) is 3.97. The van der Waals surface area contributed by atoms with Crippen molar-refractivity contribution in [3.05, 3.63) is 58.3 Å². The molecule has 4 atom stereocenters. The van der Waals surface area contributed by atoms with E-state index in [1.54, 1.807) is 22.8 Å². The molecule has 1 amide bonds. The third-order valence-corrected chi connectivity index (χ3v) is 6.37. The molecular weight excluding hydrogens is 399 g/mol. The van der Waals surface area contributed by atoms with Crippen LogP contribution in [0.3, 0.4) is 0 Å². The van der Waals surface area contributed by atoms with E-state index in [9.17, 15) is 19.1 Å². The van der Waals surface area contributed by atoms with Crippen molar-refractivity contribution in [3.63, 3.8) is 0 Å². The molecular formula is C23H29FN4O3. The van der Waals surface area contributed by atoms with Crippen LogP contribution in [0.1, 0.15) is 18.2 Å². The smallest absolute Gasteiger partial charge is 0.258 e. The Balaban J connectivity index is 1.62. The van der Waals surface area contributed by atoms with Gasteiger partial charge in [-0.3, -0.25) is 9.59 Å². The van der Waals surface area contributed by atoms with E-state index in [4.69, 9.17) is 0 Å². The van der Waals surface area contributed by atoms with Gasteiger partial charge in [0.05, 0.1) is 12.0 Å². The number of benzene rings is 1. The van der Waals surface area contributed by atoms with E-state index in [1.165, 1.54) is 12.1 Å². The number of aliphatic hydroxyl groups excluding tert-OH is 1. The molecule has 2 aromatic rings. The summed E-state index contributed by atoms with van der Waals surface area (Å²) in [4.78, 5) is 28.3. The van der Waals surface area contributed by atoms with Crippen LogP contribution in [0.2, 0.25) is 0 Å². The summed E-state index contributed by atoms with van der Waals surface area (Å²) in [6, 6.07) is 8.99. The lowest BCUT2D eigenvalue weighted by molar-refractivity contribution is -0.127. The van der Waals surface area contributed by atoms with Gasteiger partial charge in [-0.25, -0.2) is 4.39 Å². The Morgan fingerprint density at radius 1 is 1.32 bits per heavy atom. The average molecular weight is 429 g/mol. The molecule has 0 saturated carbocycles. The van der Waals surface area contributed by atoms with Crippen molar-refractivity contribution in [3.8, 4) is 11.1 Å². The van der Waals surface area contributed by atoms with E-state index in [1.807, 2.05) is 20.2 Å². The molecule has 2 aliphatic rings. The molecule has 2 aliphatic heterocycles. The highest BCUT2D eigenvalue weighted by molar-refractivity contribution is 5.80. The average Bonchev–Trinajstić information content (AvgIpc) is 3.04. The Labute approximate surface area is 180 Å². The molecule has 3 N–H and O–H groups in total. The molecule has 1 aromatic carbocycles. The van der Waals surface area contributed by atoms with E-state index in [0.29, 0.717) is 24.2 Å². The van der Waals surface area contributed by atoms with E-state index >= 15 is 0 Å². The largest absolute Gasteiger partial charge is 0.396 e. The summed E-state index contributed by atoms with van der Waals surface area (Å²) >= 11 is 0. The molecule has 7 nitrogen and oxygen atoms in total. The molecule has 3 heterocycles. The third-order valence-electron chi connectivity index (χ3n) is 6.37. The van der Waals surface area contributed by atoms with Crippen LogP contribution >= 0.6 is 0 Å². The Morgan fingerprint density at radius 2 is 2.13 bits per heavy atom. The number of nitrogens with zero attached hydrogens (tertiary/aromatic N) is 2. The molecule has 0 aliphatic carbocycles. The number of amides is 1. The number of rotatable bonds is 7. The number of aliphatic hydroxyl groups is 1. The summed E-state index contributed by atoms with van der Waals surface area (Å²) in [6.45, 7) is 1.67. The second-order valence-electron chi connectivity index (χ2n) is 8.67. The number of fused-ring (bicyclic) bond motifs is 4. The fraction of sp³-hybridized carbons (Fsp3) is 0.478. The predicted octanol–water partition coefficient (Wildman–Crippen LogP) is 0.974. The first-order valence-corrected chi connectivity index (χ1v) is 10.7. The standard InChI is InChI=1S/C23H29FN4O3/c1-27(2)10-4-9-25-22(30)20-17(13-29)18-12-28-19(21(20)26-18)8-7-16(23(28)31)14-5-3-6-15(24)11-14/h3,5-8,11,17-18,20-21,26,29H,4,9-10,12-13H2,1-2H3,(H,25,30)/t17-,18-,20+,21+/m0/s1. The van der Waals surface area contributed by atoms with Gasteiger partial charge in [0.1, 0.15) is 5.82 Å². The third kappa shape index (κ3) is 4.15. The van der Waals surface area contributed by atoms with Crippen LogP contribution in [-0.2, 0) is 11.3 Å². The highest BCUT2D eigenvalue weighted by Gasteiger charge is 2.50. The van der Waals surface area contributed by atoms with Gasteiger partial charge in [0.2, 0.25) is 5.91 Å². The van der Waals surface area contributed by atoms with Crippen molar-refractivity contribution in [2.45, 2.75) is 25.0 Å². The number of hydrogen-bond donors (Lipinski definition) is 3. The quantitative estimate of drug-likeness (QED) is 0.573. The Hall–Kier alpha value is -2.55. The summed E-state index contributed by atoms with van der Waals surface area (Å²) in [5.41, 5.74) is 1.48. The first-order chi connectivity index (χ1) is 14.9. The minimum absolute atomic E-state index is 0.104. The molecule has 1 saturated heterocycles. The van der Waals surface area contributed by atoms with Gasteiger partial charge in [0.25, 0.3) is 5.56 Å². The van der Waals surface area contributed by atoms with Crippen LogP contribution in [0.4, 0.5) is 4.39 Å². The first kappa shape index (κ1) is 21.7. The molecule has 0 unspecified atom stereocenters. The molecule has 1 aromatic heterocycles. The van der Waals surface area contributed by atoms with Crippen molar-refractivity contribution >= 4 is 5.91 Å². The highest BCUT2D eigenvalue weighted by atomic mass is 19.1. The van der Waals surface area contributed by atoms with E-state index in [2.05, 4.69) is 15.5 Å². The van der Waals surface area contributed by atoms with Crippen molar-refractivity contribution in [2.24, 2.45) is 11.8 Å². The molecule has 166 valence electrons. The SMILES string of the molecule is CN(C)CCCNC(=O)[C@@H]1[C@@H](CO)[C@@H]2Cn3c(ccc(-c4cccc(F)c4)c3=O)[C@H]1N2. The molecule has 4 rings (SSSR count). The van der Waals surface area contributed by atoms with Crippen molar-refractivity contribution in [2.75, 3.05) is 33.8 Å². The van der Waals surface area contributed by atoms with Crippen LogP contribution in [-0.4, -0.2) is 60.3 Å². The summed E-state index contributed by atoms with van der Waals surface area (Å²) in [5.74, 6) is -1.24. The zero-order valence-corrected chi connectivity index (χ0v) is 17.8. The van der Waals surface area contributed by atoms with Gasteiger partial charge in [-0.1, -0.05) is 12.1 Å². The van der Waals surface area contributed by atoms with Gasteiger partial charge >= 0.3 is 0 Å². The Morgan fingerprint density at radius 3 is 2.84 bits per heavy atom. The van der Waals surface area contributed by atoms with Gasteiger partial charge in [0, 0.05) is 42.9 Å². The lowest BCUT2D eigenvalue weighted by atomic mass is 9.86. The molecule has 0 radical (unpaired) electrons. The van der Waals surface area contributed by atoms with Crippen LogP contribution in [0.25, 0.3) is 11.1 Å². The highest BCUT2D eigenvalue weighted by Crippen LogP contribution is 2.41. The van der Waals surface area contributed by atoms with Gasteiger partial charge < -0.3 is 25.2 Å². The van der Waals surface area contributed by atoms with Crippen LogP contribution in [0.5, 0.6) is 0 Å². The maximum Gasteiger partial charge on any atom is 0.258 e. The van der Waals surface area contributed by atoms with Crippen LogP contribution in [0, 0.1) is 17.7 Å². The first-order valence-electron chi connectivity index (χ1n) is 10.7. The Kier molecular flexibility index (Phi) is 6.22. The van der Waals surface area contributed by atoms with Gasteiger partial charge in [-0.05, 0) is 56.9 Å². The van der Waals surface area contributed by atoms with Crippen molar-refractivity contribution < 1.29 is 14.3 Å². The van der Waals surface area contributed by atoms with Crippen LogP contribution in [0.15, 0.2) is 41.2 Å². The lowest BCUT2D eigenvalue weighted by Crippen LogP contribution is -2.43. The molecule has 8 heteroatoms. The van der Waals surface area contributed by atoms with Gasteiger partial charge in [-0.15, -0.1) is 0 Å². The summed E-state index contributed by atoms with van der Waals surface area (Å²) in [6.07, 6.45) is 0.837. The maximum absolute atomic E-state index is 13.7. The second-order valence-corrected chi connectivity index (χ2v) is 8.67. The number of aromatic nitrogens is 1. The lowest BCUT2D eigenvalue weighted by Gasteiger charge is -2.28. The van der Waals surface area contributed by atoms with Crippen molar-refractivity contribution in [1.29, 1.82) is 0 Å². The fourth-order valence-electron chi connectivity index (χ4n) is 4.85. The van der Waals surface area contributed by atoms with Crippen LogP contribution < -0.4 is 16.2 Å². The number of pyridine rings is 1. The fourth-order valence-corrected chi connectivity index (χ4v) is 4.85. The summed E-state index contributed by atoms with van der Waals surface area (Å²) in [5, 5.41) is 16.5. The summed E-state index contributed by atoms with van der Waals surface area (Å²) < 4.78 is 15.3.